The molecule has 0 unspecified atom stereocenters. The van der Waals surface area contributed by atoms with Crippen molar-refractivity contribution in [3.05, 3.63) is 52.6 Å². The molecule has 0 aliphatic heterocycles. The molecule has 0 fully saturated rings. The van der Waals surface area contributed by atoms with Gasteiger partial charge in [-0.3, -0.25) is 4.79 Å². The van der Waals surface area contributed by atoms with Crippen molar-refractivity contribution in [1.29, 1.82) is 0 Å². The number of ether oxygens (including phenoxy) is 1. The van der Waals surface area contributed by atoms with Gasteiger partial charge in [-0.05, 0) is 55.9 Å². The van der Waals surface area contributed by atoms with Gasteiger partial charge < -0.3 is 10.1 Å². The fourth-order valence-electron chi connectivity index (χ4n) is 2.50. The molecule has 0 atom stereocenters. The molecule has 0 aromatic heterocycles. The lowest BCUT2D eigenvalue weighted by Gasteiger charge is -2.12. The van der Waals surface area contributed by atoms with Crippen LogP contribution in [0.1, 0.15) is 37.7 Å². The monoisotopic (exact) mass is 347 g/mol. The van der Waals surface area contributed by atoms with Crippen LogP contribution in [0.2, 0.25) is 5.02 Å². The third kappa shape index (κ3) is 7.01. The fraction of sp³-hybridized carbons (Fsp3) is 0.368. The maximum atomic E-state index is 11.7. The van der Waals surface area contributed by atoms with E-state index in [1.165, 1.54) is 24.5 Å². The molecule has 0 saturated heterocycles. The van der Waals surface area contributed by atoms with Crippen LogP contribution in [-0.2, 0) is 14.3 Å². The van der Waals surface area contributed by atoms with Crippen molar-refractivity contribution in [1.82, 2.24) is 5.32 Å². The maximum absolute atomic E-state index is 11.7. The second-order valence-electron chi connectivity index (χ2n) is 5.70. The molecule has 24 heavy (non-hydrogen) atoms. The van der Waals surface area contributed by atoms with E-state index in [9.17, 15) is 9.59 Å². The molecule has 1 amide bonds. The number of esters is 1. The molecule has 0 spiro atoms. The molecule has 0 heterocycles. The third-order valence-electron chi connectivity index (χ3n) is 3.76. The van der Waals surface area contributed by atoms with Crippen LogP contribution >= 0.6 is 11.6 Å². The molecular weight excluding hydrogens is 326 g/mol. The van der Waals surface area contributed by atoms with E-state index >= 15 is 0 Å². The van der Waals surface area contributed by atoms with Gasteiger partial charge in [-0.2, -0.15) is 0 Å². The number of amides is 1. The summed E-state index contributed by atoms with van der Waals surface area (Å²) in [6, 6.07) is 7.10. The highest BCUT2D eigenvalue weighted by atomic mass is 35.5. The SMILES string of the molecule is O=C(COC(=O)/C=C/c1cccc(Cl)c1)NCCC1=CCCCC1. The zero-order valence-electron chi connectivity index (χ0n) is 13.6. The van der Waals surface area contributed by atoms with E-state index in [1.807, 2.05) is 6.07 Å². The highest BCUT2D eigenvalue weighted by molar-refractivity contribution is 6.30. The number of hydrogen-bond acceptors (Lipinski definition) is 3. The Balaban J connectivity index is 1.63. The largest absolute Gasteiger partial charge is 0.452 e. The summed E-state index contributed by atoms with van der Waals surface area (Å²) in [6.07, 6.45) is 10.8. The first-order chi connectivity index (χ1) is 11.6. The quantitative estimate of drug-likeness (QED) is 0.462. The first-order valence-electron chi connectivity index (χ1n) is 8.18. The molecule has 1 aromatic carbocycles. The van der Waals surface area contributed by atoms with E-state index in [0.717, 1.165) is 24.8 Å². The van der Waals surface area contributed by atoms with E-state index in [0.29, 0.717) is 11.6 Å². The zero-order valence-corrected chi connectivity index (χ0v) is 14.3. The third-order valence-corrected chi connectivity index (χ3v) is 3.99. The molecule has 1 N–H and O–H groups in total. The summed E-state index contributed by atoms with van der Waals surface area (Å²) in [5.41, 5.74) is 2.20. The van der Waals surface area contributed by atoms with Crippen LogP contribution in [0.5, 0.6) is 0 Å². The summed E-state index contributed by atoms with van der Waals surface area (Å²) < 4.78 is 4.91. The Hall–Kier alpha value is -2.07. The van der Waals surface area contributed by atoms with Gasteiger partial charge in [0.1, 0.15) is 0 Å². The number of carbonyl (C=O) groups is 2. The van der Waals surface area contributed by atoms with Gasteiger partial charge in [-0.1, -0.05) is 35.4 Å². The predicted octanol–water partition coefficient (Wildman–Crippen LogP) is 3.90. The van der Waals surface area contributed by atoms with E-state index in [4.69, 9.17) is 16.3 Å². The topological polar surface area (TPSA) is 55.4 Å². The average Bonchev–Trinajstić information content (AvgIpc) is 2.59. The number of benzene rings is 1. The molecule has 0 saturated carbocycles. The number of allylic oxidation sites excluding steroid dienone is 1. The second kappa shape index (κ2) is 9.93. The molecule has 0 radical (unpaired) electrons. The lowest BCUT2D eigenvalue weighted by atomic mass is 9.97. The zero-order chi connectivity index (χ0) is 17.2. The highest BCUT2D eigenvalue weighted by Gasteiger charge is 2.07. The van der Waals surface area contributed by atoms with Gasteiger partial charge in [0, 0.05) is 17.6 Å². The predicted molar refractivity (Wildman–Crippen MR) is 95.6 cm³/mol. The van der Waals surface area contributed by atoms with Gasteiger partial charge in [0.15, 0.2) is 6.61 Å². The molecule has 128 valence electrons. The van der Waals surface area contributed by atoms with Crippen LogP contribution in [0.25, 0.3) is 6.08 Å². The van der Waals surface area contributed by atoms with Gasteiger partial charge >= 0.3 is 5.97 Å². The minimum Gasteiger partial charge on any atom is -0.452 e. The van der Waals surface area contributed by atoms with E-state index < -0.39 is 5.97 Å². The van der Waals surface area contributed by atoms with Gasteiger partial charge in [0.05, 0.1) is 0 Å². The van der Waals surface area contributed by atoms with Crippen LogP contribution in [0.4, 0.5) is 0 Å². The molecule has 1 aliphatic rings. The number of hydrogen-bond donors (Lipinski definition) is 1. The molecule has 0 bridgehead atoms. The Bertz CT molecular complexity index is 637. The summed E-state index contributed by atoms with van der Waals surface area (Å²) in [4.78, 5) is 23.3. The highest BCUT2D eigenvalue weighted by Crippen LogP contribution is 2.19. The Morgan fingerprint density at radius 1 is 1.29 bits per heavy atom. The standard InChI is InChI=1S/C19H22ClNO3/c20-17-8-4-7-16(13-17)9-10-19(23)24-14-18(22)21-12-11-15-5-2-1-3-6-15/h4-5,7-10,13H,1-3,6,11-12,14H2,(H,21,22)/b10-9+. The first-order valence-corrected chi connectivity index (χ1v) is 8.56. The van der Waals surface area contributed by atoms with Crippen molar-refractivity contribution in [2.24, 2.45) is 0 Å². The lowest BCUT2D eigenvalue weighted by molar-refractivity contribution is -0.143. The Morgan fingerprint density at radius 2 is 2.17 bits per heavy atom. The number of rotatable bonds is 7. The van der Waals surface area contributed by atoms with E-state index in [2.05, 4.69) is 11.4 Å². The number of nitrogens with one attached hydrogen (secondary N) is 1. The minimum absolute atomic E-state index is 0.266. The first kappa shape index (κ1) is 18.3. The molecule has 1 aliphatic carbocycles. The summed E-state index contributed by atoms with van der Waals surface area (Å²) >= 11 is 5.86. The summed E-state index contributed by atoms with van der Waals surface area (Å²) in [7, 11) is 0. The fourth-order valence-corrected chi connectivity index (χ4v) is 2.70. The Kier molecular flexibility index (Phi) is 7.56. The normalized spacial score (nSPS) is 14.3. The van der Waals surface area contributed by atoms with Crippen LogP contribution in [0.3, 0.4) is 0 Å². The number of halogens is 1. The maximum Gasteiger partial charge on any atom is 0.331 e. The minimum atomic E-state index is -0.555. The van der Waals surface area contributed by atoms with Gasteiger partial charge in [0.25, 0.3) is 5.91 Å². The van der Waals surface area contributed by atoms with Crippen molar-refractivity contribution in [2.45, 2.75) is 32.1 Å². The van der Waals surface area contributed by atoms with Crippen LogP contribution < -0.4 is 5.32 Å². The summed E-state index contributed by atoms with van der Waals surface area (Å²) in [5.74, 6) is -0.837. The molecule has 5 heteroatoms. The van der Waals surface area contributed by atoms with Crippen LogP contribution in [0, 0.1) is 0 Å². The van der Waals surface area contributed by atoms with Crippen molar-refractivity contribution >= 4 is 29.6 Å². The van der Waals surface area contributed by atoms with Crippen molar-refractivity contribution in [3.63, 3.8) is 0 Å². The van der Waals surface area contributed by atoms with Crippen molar-refractivity contribution < 1.29 is 14.3 Å². The van der Waals surface area contributed by atoms with Gasteiger partial charge in [-0.25, -0.2) is 4.79 Å². The molecule has 2 rings (SSSR count). The van der Waals surface area contributed by atoms with Crippen LogP contribution in [0.15, 0.2) is 42.0 Å². The van der Waals surface area contributed by atoms with Crippen LogP contribution in [-0.4, -0.2) is 25.0 Å². The average molecular weight is 348 g/mol. The molecule has 4 nitrogen and oxygen atoms in total. The van der Waals surface area contributed by atoms with Crippen molar-refractivity contribution in [3.8, 4) is 0 Å². The lowest BCUT2D eigenvalue weighted by Crippen LogP contribution is -2.29. The Morgan fingerprint density at radius 3 is 2.92 bits per heavy atom. The second-order valence-corrected chi connectivity index (χ2v) is 6.14. The van der Waals surface area contributed by atoms with Crippen molar-refractivity contribution in [2.75, 3.05) is 13.2 Å². The van der Waals surface area contributed by atoms with E-state index in [-0.39, 0.29) is 12.5 Å². The number of carbonyl (C=O) groups excluding carboxylic acids is 2. The van der Waals surface area contributed by atoms with Gasteiger partial charge in [-0.15, -0.1) is 0 Å². The van der Waals surface area contributed by atoms with E-state index in [1.54, 1.807) is 24.3 Å². The smallest absolute Gasteiger partial charge is 0.331 e. The molecular formula is C19H22ClNO3. The molecule has 1 aromatic rings. The van der Waals surface area contributed by atoms with Gasteiger partial charge in [0.2, 0.25) is 0 Å². The summed E-state index contributed by atoms with van der Waals surface area (Å²) in [6.45, 7) is 0.318. The Labute approximate surface area is 147 Å². The summed E-state index contributed by atoms with van der Waals surface area (Å²) in [5, 5.41) is 3.36.